The second-order valence-electron chi connectivity index (χ2n) is 2.39. The predicted molar refractivity (Wildman–Crippen MR) is 52.9 cm³/mol. The lowest BCUT2D eigenvalue weighted by atomic mass is 10.4. The first-order valence-corrected chi connectivity index (χ1v) is 5.13. The Hall–Kier alpha value is -0.720. The second-order valence-corrected chi connectivity index (χ2v) is 3.30. The second kappa shape index (κ2) is 7.66. The third kappa shape index (κ3) is 5.85. The number of carbonyl (C=O) groups is 1. The lowest BCUT2D eigenvalue weighted by molar-refractivity contribution is -0.141. The summed E-state index contributed by atoms with van der Waals surface area (Å²) in [5, 5.41) is 27.6. The van der Waals surface area contributed by atoms with Gasteiger partial charge in [0.15, 0.2) is 0 Å². The van der Waals surface area contributed by atoms with Crippen molar-refractivity contribution in [2.24, 2.45) is 0 Å². The van der Waals surface area contributed by atoms with E-state index in [1.165, 1.54) is 5.41 Å². The molecule has 0 aliphatic heterocycles. The van der Waals surface area contributed by atoms with E-state index in [0.717, 1.165) is 11.8 Å². The minimum atomic E-state index is -0.855. The van der Waals surface area contributed by atoms with Crippen LogP contribution in [0.2, 0.25) is 0 Å². The van der Waals surface area contributed by atoms with Gasteiger partial charge >= 0.3 is 5.97 Å². The topological polar surface area (TPSA) is 87.0 Å². The monoisotopic (exact) mass is 222 g/mol. The third-order valence-corrected chi connectivity index (χ3v) is 2.15. The molecule has 0 rings (SSSR count). The number of hydrogen-bond acceptors (Lipinski definition) is 6. The SMILES string of the molecule is CCOC(=O)C(O)=CSCC(O)CO. The first-order valence-electron chi connectivity index (χ1n) is 4.08. The molecule has 1 atom stereocenters. The minimum Gasteiger partial charge on any atom is -0.501 e. The molecule has 0 aliphatic rings. The summed E-state index contributed by atoms with van der Waals surface area (Å²) >= 11 is 1.03. The van der Waals surface area contributed by atoms with Gasteiger partial charge in [-0.05, 0) is 6.92 Å². The van der Waals surface area contributed by atoms with Gasteiger partial charge < -0.3 is 20.1 Å². The minimum absolute atomic E-state index is 0.195. The first-order chi connectivity index (χ1) is 6.61. The smallest absolute Gasteiger partial charge is 0.373 e. The summed E-state index contributed by atoms with van der Waals surface area (Å²) in [5.74, 6) is -1.08. The summed E-state index contributed by atoms with van der Waals surface area (Å²) < 4.78 is 4.51. The first kappa shape index (κ1) is 13.3. The van der Waals surface area contributed by atoms with Gasteiger partial charge in [0.25, 0.3) is 0 Å². The van der Waals surface area contributed by atoms with Gasteiger partial charge in [0.1, 0.15) is 0 Å². The van der Waals surface area contributed by atoms with Gasteiger partial charge in [-0.1, -0.05) is 0 Å². The lowest BCUT2D eigenvalue weighted by Crippen LogP contribution is -2.14. The van der Waals surface area contributed by atoms with E-state index in [0.29, 0.717) is 0 Å². The van der Waals surface area contributed by atoms with Gasteiger partial charge in [-0.3, -0.25) is 0 Å². The fourth-order valence-corrected chi connectivity index (χ4v) is 1.22. The molecule has 0 radical (unpaired) electrons. The Labute approximate surface area is 86.4 Å². The Morgan fingerprint density at radius 3 is 2.79 bits per heavy atom. The van der Waals surface area contributed by atoms with E-state index >= 15 is 0 Å². The van der Waals surface area contributed by atoms with E-state index in [1.54, 1.807) is 6.92 Å². The molecule has 0 heterocycles. The van der Waals surface area contributed by atoms with E-state index in [9.17, 15) is 4.79 Å². The molecule has 0 fully saturated rings. The maximum Gasteiger partial charge on any atom is 0.373 e. The van der Waals surface area contributed by atoms with Crippen molar-refractivity contribution < 1.29 is 24.9 Å². The number of hydrogen-bond donors (Lipinski definition) is 3. The average Bonchev–Trinajstić information content (AvgIpc) is 2.17. The van der Waals surface area contributed by atoms with E-state index in [4.69, 9.17) is 15.3 Å². The van der Waals surface area contributed by atoms with Crippen LogP contribution in [0.5, 0.6) is 0 Å². The highest BCUT2D eigenvalue weighted by molar-refractivity contribution is 8.02. The predicted octanol–water partition coefficient (Wildman–Crippen LogP) is 0.0353. The van der Waals surface area contributed by atoms with Crippen LogP contribution in [0.15, 0.2) is 11.2 Å². The van der Waals surface area contributed by atoms with Crippen LogP contribution in [0.25, 0.3) is 0 Å². The van der Waals surface area contributed by atoms with Crippen LogP contribution in [0.4, 0.5) is 0 Å². The van der Waals surface area contributed by atoms with Crippen LogP contribution in [0.3, 0.4) is 0 Å². The normalized spacial score (nSPS) is 13.8. The molecule has 0 aromatic heterocycles. The zero-order valence-electron chi connectivity index (χ0n) is 7.84. The zero-order valence-corrected chi connectivity index (χ0v) is 8.66. The Balaban J connectivity index is 3.81. The number of rotatable bonds is 6. The van der Waals surface area contributed by atoms with Crippen molar-refractivity contribution in [2.45, 2.75) is 13.0 Å². The molecular weight excluding hydrogens is 208 g/mol. The highest BCUT2D eigenvalue weighted by atomic mass is 32.2. The van der Waals surface area contributed by atoms with Gasteiger partial charge in [0.2, 0.25) is 5.76 Å². The van der Waals surface area contributed by atoms with Crippen LogP contribution in [-0.2, 0) is 9.53 Å². The van der Waals surface area contributed by atoms with E-state index < -0.39 is 17.8 Å². The molecule has 0 spiro atoms. The molecule has 0 aromatic carbocycles. The number of carbonyl (C=O) groups excluding carboxylic acids is 1. The van der Waals surface area contributed by atoms with Crippen LogP contribution in [0, 0.1) is 0 Å². The van der Waals surface area contributed by atoms with Gasteiger partial charge in [-0.15, -0.1) is 11.8 Å². The quantitative estimate of drug-likeness (QED) is 0.334. The van der Waals surface area contributed by atoms with Gasteiger partial charge in [-0.25, -0.2) is 4.79 Å². The Morgan fingerprint density at radius 1 is 1.64 bits per heavy atom. The maximum absolute atomic E-state index is 10.8. The Kier molecular flexibility index (Phi) is 7.27. The van der Waals surface area contributed by atoms with Crippen LogP contribution >= 0.6 is 11.8 Å². The number of aliphatic hydroxyl groups excluding tert-OH is 3. The highest BCUT2D eigenvalue weighted by Crippen LogP contribution is 2.08. The molecule has 3 N–H and O–H groups in total. The van der Waals surface area contributed by atoms with Crippen molar-refractivity contribution >= 4 is 17.7 Å². The molecule has 0 bridgehead atoms. The summed E-state index contributed by atoms with van der Waals surface area (Å²) in [4.78, 5) is 10.8. The van der Waals surface area contributed by atoms with Crippen molar-refractivity contribution in [1.82, 2.24) is 0 Å². The van der Waals surface area contributed by atoms with Crippen molar-refractivity contribution in [2.75, 3.05) is 19.0 Å². The molecular formula is C8H14O5S. The van der Waals surface area contributed by atoms with E-state index in [1.807, 2.05) is 0 Å². The van der Waals surface area contributed by atoms with Crippen LogP contribution in [-0.4, -0.2) is 46.4 Å². The maximum atomic E-state index is 10.8. The summed E-state index contributed by atoms with van der Waals surface area (Å²) in [5.41, 5.74) is 0. The van der Waals surface area contributed by atoms with Gasteiger partial charge in [0, 0.05) is 11.2 Å². The molecule has 6 heteroatoms. The fraction of sp³-hybridized carbons (Fsp3) is 0.625. The summed E-state index contributed by atoms with van der Waals surface area (Å²) in [6, 6.07) is 0. The Morgan fingerprint density at radius 2 is 2.29 bits per heavy atom. The van der Waals surface area contributed by atoms with Gasteiger partial charge in [0.05, 0.1) is 19.3 Å². The molecule has 14 heavy (non-hydrogen) atoms. The third-order valence-electron chi connectivity index (χ3n) is 1.18. The summed E-state index contributed by atoms with van der Waals surface area (Å²) in [6.45, 7) is 1.48. The summed E-state index contributed by atoms with van der Waals surface area (Å²) in [6.07, 6.45) is -0.855. The van der Waals surface area contributed by atoms with Crippen LogP contribution < -0.4 is 0 Å². The van der Waals surface area contributed by atoms with E-state index in [2.05, 4.69) is 4.74 Å². The largest absolute Gasteiger partial charge is 0.501 e. The molecule has 5 nitrogen and oxygen atoms in total. The molecule has 82 valence electrons. The lowest BCUT2D eigenvalue weighted by Gasteiger charge is -2.03. The molecule has 0 saturated carbocycles. The molecule has 0 saturated heterocycles. The van der Waals surface area contributed by atoms with Gasteiger partial charge in [-0.2, -0.15) is 0 Å². The average molecular weight is 222 g/mol. The number of esters is 1. The number of aliphatic hydroxyl groups is 3. The van der Waals surface area contributed by atoms with Crippen molar-refractivity contribution in [3.05, 3.63) is 11.2 Å². The van der Waals surface area contributed by atoms with Crippen molar-refractivity contribution in [3.63, 3.8) is 0 Å². The highest BCUT2D eigenvalue weighted by Gasteiger charge is 2.08. The van der Waals surface area contributed by atoms with Crippen LogP contribution in [0.1, 0.15) is 6.92 Å². The van der Waals surface area contributed by atoms with Crippen molar-refractivity contribution in [3.8, 4) is 0 Å². The number of ether oxygens (including phenoxy) is 1. The molecule has 0 aromatic rings. The summed E-state index contributed by atoms with van der Waals surface area (Å²) in [7, 11) is 0. The molecule has 1 unspecified atom stereocenters. The Bertz CT molecular complexity index is 204. The molecule has 0 aliphatic carbocycles. The fourth-order valence-electron chi connectivity index (χ4n) is 0.544. The van der Waals surface area contributed by atoms with E-state index in [-0.39, 0.29) is 19.0 Å². The molecule has 0 amide bonds. The standard InChI is InChI=1S/C8H14O5S/c1-2-13-8(12)7(11)5-14-4-6(10)3-9/h5-6,9-11H,2-4H2,1H3. The zero-order chi connectivity index (χ0) is 11.0. The number of thioether (sulfide) groups is 1. The van der Waals surface area contributed by atoms with Crippen molar-refractivity contribution in [1.29, 1.82) is 0 Å².